The molecule has 1 heterocycles. The molecule has 1 heteroatoms. The van der Waals surface area contributed by atoms with Crippen LogP contribution >= 0.6 is 0 Å². The van der Waals surface area contributed by atoms with E-state index in [2.05, 4.69) is 19.1 Å². The summed E-state index contributed by atoms with van der Waals surface area (Å²) in [5, 5.41) is 0. The first kappa shape index (κ1) is 6.47. The third-order valence-corrected chi connectivity index (χ3v) is 1.77. The van der Waals surface area contributed by atoms with Crippen molar-refractivity contribution in [1.29, 1.82) is 0 Å². The number of hydrogen-bond acceptors (Lipinski definition) is 1. The van der Waals surface area contributed by atoms with E-state index >= 15 is 0 Å². The van der Waals surface area contributed by atoms with Crippen molar-refractivity contribution in [3.63, 3.8) is 0 Å². The summed E-state index contributed by atoms with van der Waals surface area (Å²) in [6, 6.07) is 11.0. The molecule has 0 unspecified atom stereocenters. The molecule has 1 aliphatic heterocycles. The van der Waals surface area contributed by atoms with Crippen molar-refractivity contribution >= 4 is 0 Å². The van der Waals surface area contributed by atoms with E-state index in [4.69, 9.17) is 4.42 Å². The molecule has 55 valence electrons. The Morgan fingerprint density at radius 3 is 3.09 bits per heavy atom. The Kier molecular flexibility index (Phi) is 1.42. The second-order valence-corrected chi connectivity index (χ2v) is 2.52. The maximum Gasteiger partial charge on any atom is 0.142 e. The molecule has 0 aromatic rings. The summed E-state index contributed by atoms with van der Waals surface area (Å²) in [6.45, 7) is 2.08. The lowest BCUT2D eigenvalue weighted by Gasteiger charge is -2.00. The van der Waals surface area contributed by atoms with Crippen molar-refractivity contribution in [3.8, 4) is 11.3 Å². The number of fused-ring (bicyclic) bond motifs is 1. The molecule has 0 saturated heterocycles. The first-order chi connectivity index (χ1) is 5.40. The van der Waals surface area contributed by atoms with Gasteiger partial charge in [-0.2, -0.15) is 0 Å². The monoisotopic (exact) mass is 145 g/mol. The topological polar surface area (TPSA) is 13.1 Å². The molecule has 0 fully saturated rings. The molecule has 0 spiro atoms. The van der Waals surface area contributed by atoms with Crippen molar-refractivity contribution in [1.82, 2.24) is 0 Å². The van der Waals surface area contributed by atoms with Gasteiger partial charge in [0.2, 0.25) is 0 Å². The van der Waals surface area contributed by atoms with Crippen LogP contribution in [-0.2, 0) is 6.42 Å². The highest BCUT2D eigenvalue weighted by molar-refractivity contribution is 5.59. The average Bonchev–Trinajstić information content (AvgIpc) is 2.50. The van der Waals surface area contributed by atoms with E-state index in [-0.39, 0.29) is 0 Å². The second kappa shape index (κ2) is 2.42. The zero-order valence-electron chi connectivity index (χ0n) is 6.42. The standard InChI is InChI=1S/C10H9O/c1-2-9-7-6-8-4-3-5-10(8)11-9/h3-4,6-7H,2H2,1H3. The number of hydrogen-bond donors (Lipinski definition) is 0. The minimum Gasteiger partial charge on any atom is -0.460 e. The van der Waals surface area contributed by atoms with Crippen LogP contribution in [0.5, 0.6) is 0 Å². The molecule has 0 amide bonds. The fraction of sp³-hybridized carbons (Fsp3) is 0.200. The summed E-state index contributed by atoms with van der Waals surface area (Å²) in [5.41, 5.74) is 1.13. The van der Waals surface area contributed by atoms with Crippen molar-refractivity contribution in [2.24, 2.45) is 0 Å². The van der Waals surface area contributed by atoms with Gasteiger partial charge in [0, 0.05) is 18.1 Å². The summed E-state index contributed by atoms with van der Waals surface area (Å²) < 4.78 is 5.50. The van der Waals surface area contributed by atoms with E-state index in [1.54, 1.807) is 0 Å². The van der Waals surface area contributed by atoms with Crippen molar-refractivity contribution in [2.45, 2.75) is 13.3 Å². The quantitative estimate of drug-likeness (QED) is 0.601. The van der Waals surface area contributed by atoms with Crippen LogP contribution < -0.4 is 0 Å². The van der Waals surface area contributed by atoms with Crippen molar-refractivity contribution in [2.75, 3.05) is 0 Å². The van der Waals surface area contributed by atoms with E-state index in [1.807, 2.05) is 18.2 Å². The van der Waals surface area contributed by atoms with Crippen LogP contribution in [0.1, 0.15) is 12.7 Å². The van der Waals surface area contributed by atoms with E-state index < -0.39 is 0 Å². The van der Waals surface area contributed by atoms with Gasteiger partial charge in [-0.05, 0) is 18.2 Å². The predicted octanol–water partition coefficient (Wildman–Crippen LogP) is 2.75. The second-order valence-electron chi connectivity index (χ2n) is 2.52. The maximum atomic E-state index is 5.50. The van der Waals surface area contributed by atoms with Crippen molar-refractivity contribution in [3.05, 3.63) is 36.1 Å². The maximum absolute atomic E-state index is 5.50. The van der Waals surface area contributed by atoms with E-state index in [1.165, 1.54) is 0 Å². The fourth-order valence-electron chi connectivity index (χ4n) is 1.12. The van der Waals surface area contributed by atoms with Gasteiger partial charge in [-0.15, -0.1) is 0 Å². The molecular formula is C10H9O. The normalized spacial score (nSPS) is 10.6. The molecule has 2 rings (SSSR count). The molecule has 0 aromatic heterocycles. The summed E-state index contributed by atoms with van der Waals surface area (Å²) >= 11 is 0. The van der Waals surface area contributed by atoms with E-state index in [0.29, 0.717) is 0 Å². The first-order valence-electron chi connectivity index (χ1n) is 3.79. The third-order valence-electron chi connectivity index (χ3n) is 1.77. The van der Waals surface area contributed by atoms with Gasteiger partial charge in [0.25, 0.3) is 0 Å². The lowest BCUT2D eigenvalue weighted by atomic mass is 10.2. The van der Waals surface area contributed by atoms with Crippen LogP contribution in [0.15, 0.2) is 28.7 Å². The highest BCUT2D eigenvalue weighted by atomic mass is 16.3. The zero-order chi connectivity index (χ0) is 7.68. The Bertz CT molecular complexity index is 322. The van der Waals surface area contributed by atoms with Crippen LogP contribution in [0, 0.1) is 6.07 Å². The largest absolute Gasteiger partial charge is 0.460 e. The Morgan fingerprint density at radius 2 is 2.27 bits per heavy atom. The van der Waals surface area contributed by atoms with E-state index in [9.17, 15) is 0 Å². The van der Waals surface area contributed by atoms with Crippen molar-refractivity contribution < 1.29 is 4.42 Å². The first-order valence-corrected chi connectivity index (χ1v) is 3.79. The van der Waals surface area contributed by atoms with Gasteiger partial charge in [-0.3, -0.25) is 0 Å². The van der Waals surface area contributed by atoms with Gasteiger partial charge >= 0.3 is 0 Å². The van der Waals surface area contributed by atoms with Gasteiger partial charge in [0.15, 0.2) is 0 Å². The molecule has 11 heavy (non-hydrogen) atoms. The highest BCUT2D eigenvalue weighted by Gasteiger charge is 2.03. The van der Waals surface area contributed by atoms with Crippen LogP contribution in [0.2, 0.25) is 0 Å². The fourth-order valence-corrected chi connectivity index (χ4v) is 1.12. The van der Waals surface area contributed by atoms with Crippen LogP contribution in [-0.4, -0.2) is 0 Å². The molecule has 1 aliphatic carbocycles. The third kappa shape index (κ3) is 1.03. The molecule has 0 bridgehead atoms. The molecule has 0 N–H and O–H groups in total. The minimum atomic E-state index is 0.865. The molecule has 0 aromatic carbocycles. The Morgan fingerprint density at radius 1 is 1.36 bits per heavy atom. The summed E-state index contributed by atoms with van der Waals surface area (Å²) in [7, 11) is 0. The SMILES string of the molecule is CCc1ccc2cc[c]c-2o1. The summed E-state index contributed by atoms with van der Waals surface area (Å²) in [4.78, 5) is 0. The van der Waals surface area contributed by atoms with Gasteiger partial charge in [0.1, 0.15) is 11.5 Å². The molecule has 1 nitrogen and oxygen atoms in total. The molecule has 0 saturated carbocycles. The van der Waals surface area contributed by atoms with Crippen LogP contribution in [0.3, 0.4) is 0 Å². The van der Waals surface area contributed by atoms with Crippen LogP contribution in [0.25, 0.3) is 11.3 Å². The Labute approximate surface area is 66.0 Å². The Balaban J connectivity index is 2.59. The van der Waals surface area contributed by atoms with Gasteiger partial charge in [-0.1, -0.05) is 13.0 Å². The van der Waals surface area contributed by atoms with E-state index in [0.717, 1.165) is 23.5 Å². The summed E-state index contributed by atoms with van der Waals surface area (Å²) in [6.07, 6.45) is 0.939. The average molecular weight is 145 g/mol. The molecule has 2 aliphatic rings. The molecule has 0 atom stereocenters. The van der Waals surface area contributed by atoms with Gasteiger partial charge < -0.3 is 4.42 Å². The highest BCUT2D eigenvalue weighted by Crippen LogP contribution is 2.23. The molecule has 1 radical (unpaired) electrons. The summed E-state index contributed by atoms with van der Waals surface area (Å²) in [5.74, 6) is 1.88. The molecular weight excluding hydrogens is 136 g/mol. The number of aryl methyl sites for hydroxylation is 1. The van der Waals surface area contributed by atoms with Crippen LogP contribution in [0.4, 0.5) is 0 Å². The lowest BCUT2D eigenvalue weighted by molar-refractivity contribution is 0.513. The lowest BCUT2D eigenvalue weighted by Crippen LogP contribution is -1.80. The number of rotatable bonds is 1. The Hall–Kier alpha value is -1.24. The smallest absolute Gasteiger partial charge is 0.142 e. The predicted molar refractivity (Wildman–Crippen MR) is 43.5 cm³/mol. The van der Waals surface area contributed by atoms with Gasteiger partial charge in [-0.25, -0.2) is 0 Å². The zero-order valence-corrected chi connectivity index (χ0v) is 6.42. The van der Waals surface area contributed by atoms with Gasteiger partial charge in [0.05, 0.1) is 0 Å². The minimum absolute atomic E-state index is 0.865.